The number of aryl methyl sites for hydroxylation is 1. The molecule has 6 heteroatoms. The number of rotatable bonds is 5. The Balaban J connectivity index is 3.01. The molecule has 0 aromatic heterocycles. The molecular weight excluding hydrogens is 250 g/mol. The lowest BCUT2D eigenvalue weighted by Crippen LogP contribution is -2.25. The number of benzene rings is 1. The van der Waals surface area contributed by atoms with Gasteiger partial charge in [0.25, 0.3) is 0 Å². The average Bonchev–Trinajstić information content (AvgIpc) is 2.36. The number of ether oxygens (including phenoxy) is 1. The number of nitrogens with two attached hydrogens (primary N) is 1. The fraction of sp³-hybridized carbons (Fsp3) is 0.385. The second kappa shape index (κ2) is 6.31. The van der Waals surface area contributed by atoms with E-state index in [0.717, 1.165) is 0 Å². The van der Waals surface area contributed by atoms with Crippen LogP contribution in [0.1, 0.15) is 34.0 Å². The zero-order valence-electron chi connectivity index (χ0n) is 10.8. The molecule has 0 radical (unpaired) electrons. The van der Waals surface area contributed by atoms with Crippen LogP contribution in [0.15, 0.2) is 18.2 Å². The first kappa shape index (κ1) is 15.1. The Morgan fingerprint density at radius 3 is 2.53 bits per heavy atom. The van der Waals surface area contributed by atoms with Crippen molar-refractivity contribution >= 4 is 11.9 Å². The molecule has 2 atom stereocenters. The molecule has 19 heavy (non-hydrogen) atoms. The number of hydrogen-bond acceptors (Lipinski definition) is 5. The second-order valence-corrected chi connectivity index (χ2v) is 4.25. The Kier molecular flexibility index (Phi) is 5.02. The van der Waals surface area contributed by atoms with Gasteiger partial charge in [-0.2, -0.15) is 0 Å². The van der Waals surface area contributed by atoms with Crippen molar-refractivity contribution in [1.29, 1.82) is 0 Å². The Morgan fingerprint density at radius 1 is 1.37 bits per heavy atom. The van der Waals surface area contributed by atoms with E-state index < -0.39 is 24.1 Å². The second-order valence-electron chi connectivity index (χ2n) is 4.25. The Hall–Kier alpha value is -1.92. The lowest BCUT2D eigenvalue weighted by atomic mass is 9.97. The summed E-state index contributed by atoms with van der Waals surface area (Å²) in [6, 6.07) is 4.62. The van der Waals surface area contributed by atoms with E-state index in [1.165, 1.54) is 13.2 Å². The van der Waals surface area contributed by atoms with Crippen LogP contribution >= 0.6 is 0 Å². The van der Waals surface area contributed by atoms with Gasteiger partial charge >= 0.3 is 5.97 Å². The van der Waals surface area contributed by atoms with Crippen LogP contribution in [-0.4, -0.2) is 35.3 Å². The maximum Gasteiger partial charge on any atom is 0.338 e. The van der Waals surface area contributed by atoms with Gasteiger partial charge in [0.2, 0.25) is 5.91 Å². The smallest absolute Gasteiger partial charge is 0.338 e. The van der Waals surface area contributed by atoms with Crippen LogP contribution in [0.4, 0.5) is 0 Å². The van der Waals surface area contributed by atoms with Crippen LogP contribution in [0.2, 0.25) is 0 Å². The number of carbonyl (C=O) groups excluding carboxylic acids is 2. The van der Waals surface area contributed by atoms with Gasteiger partial charge in [-0.1, -0.05) is 12.1 Å². The molecule has 0 bridgehead atoms. The van der Waals surface area contributed by atoms with Crippen molar-refractivity contribution in [2.75, 3.05) is 7.11 Å². The number of hydrogen-bond donors (Lipinski definition) is 3. The topological polar surface area (TPSA) is 110 Å². The van der Waals surface area contributed by atoms with Crippen molar-refractivity contribution in [2.45, 2.75) is 25.6 Å². The summed E-state index contributed by atoms with van der Waals surface area (Å²) >= 11 is 0. The molecule has 0 aliphatic rings. The van der Waals surface area contributed by atoms with Crippen LogP contribution in [0.3, 0.4) is 0 Å². The minimum absolute atomic E-state index is 0.297. The highest BCUT2D eigenvalue weighted by molar-refractivity contribution is 5.91. The molecule has 0 aliphatic carbocycles. The molecule has 1 rings (SSSR count). The fourth-order valence-corrected chi connectivity index (χ4v) is 1.69. The highest BCUT2D eigenvalue weighted by atomic mass is 16.5. The number of esters is 1. The predicted molar refractivity (Wildman–Crippen MR) is 67.3 cm³/mol. The molecule has 0 heterocycles. The van der Waals surface area contributed by atoms with E-state index >= 15 is 0 Å². The quantitative estimate of drug-likeness (QED) is 0.653. The summed E-state index contributed by atoms with van der Waals surface area (Å²) in [7, 11) is 1.26. The highest BCUT2D eigenvalue weighted by Gasteiger charge is 2.22. The van der Waals surface area contributed by atoms with Gasteiger partial charge in [-0.15, -0.1) is 0 Å². The molecule has 0 saturated heterocycles. The summed E-state index contributed by atoms with van der Waals surface area (Å²) in [6.45, 7) is 1.72. The highest BCUT2D eigenvalue weighted by Crippen LogP contribution is 2.22. The van der Waals surface area contributed by atoms with Crippen molar-refractivity contribution in [1.82, 2.24) is 0 Å². The van der Waals surface area contributed by atoms with Gasteiger partial charge in [-0.3, -0.25) is 4.79 Å². The van der Waals surface area contributed by atoms with E-state index in [1.54, 1.807) is 19.1 Å². The Labute approximate surface area is 110 Å². The third kappa shape index (κ3) is 3.77. The molecule has 0 fully saturated rings. The molecule has 1 aromatic carbocycles. The molecule has 0 spiro atoms. The number of aliphatic hydroxyl groups excluding tert-OH is 2. The van der Waals surface area contributed by atoms with Gasteiger partial charge in [0, 0.05) is 0 Å². The predicted octanol–water partition coefficient (Wildman–Crippen LogP) is 0.0513. The van der Waals surface area contributed by atoms with Gasteiger partial charge in [0.15, 0.2) is 0 Å². The molecule has 1 aromatic rings. The lowest BCUT2D eigenvalue weighted by Gasteiger charge is -2.18. The van der Waals surface area contributed by atoms with Gasteiger partial charge in [-0.25, -0.2) is 4.79 Å². The molecule has 6 nitrogen and oxygen atoms in total. The normalized spacial score (nSPS) is 13.7. The SMILES string of the molecule is COC(=O)c1cc(C(O)C(O)CC(N)=O)ccc1C. The van der Waals surface area contributed by atoms with Crippen LogP contribution in [0.25, 0.3) is 0 Å². The van der Waals surface area contributed by atoms with E-state index in [2.05, 4.69) is 4.74 Å². The van der Waals surface area contributed by atoms with Gasteiger partial charge in [0.05, 0.1) is 25.2 Å². The number of methoxy groups -OCH3 is 1. The number of amides is 1. The summed E-state index contributed by atoms with van der Waals surface area (Å²) in [5.41, 5.74) is 6.25. The van der Waals surface area contributed by atoms with Gasteiger partial charge in [0.1, 0.15) is 6.10 Å². The molecule has 104 valence electrons. The first-order chi connectivity index (χ1) is 8.86. The first-order valence-electron chi connectivity index (χ1n) is 5.70. The number of aliphatic hydroxyl groups is 2. The monoisotopic (exact) mass is 267 g/mol. The summed E-state index contributed by atoms with van der Waals surface area (Å²) < 4.78 is 4.62. The summed E-state index contributed by atoms with van der Waals surface area (Å²) in [5.74, 6) is -1.25. The molecule has 2 unspecified atom stereocenters. The molecular formula is C13H17NO5. The number of carbonyl (C=O) groups is 2. The summed E-state index contributed by atoms with van der Waals surface area (Å²) in [6.07, 6.45) is -2.97. The van der Waals surface area contributed by atoms with Gasteiger partial charge < -0.3 is 20.7 Å². The number of primary amides is 1. The van der Waals surface area contributed by atoms with E-state index in [1.807, 2.05) is 0 Å². The largest absolute Gasteiger partial charge is 0.465 e. The standard InChI is InChI=1S/C13H17NO5/c1-7-3-4-8(5-9(7)13(18)19-2)12(17)10(15)6-11(14)16/h3-5,10,12,15,17H,6H2,1-2H3,(H2,14,16). The van der Waals surface area contributed by atoms with Crippen molar-refractivity contribution in [3.8, 4) is 0 Å². The van der Waals surface area contributed by atoms with Crippen LogP contribution in [0.5, 0.6) is 0 Å². The Morgan fingerprint density at radius 2 is 2.00 bits per heavy atom. The lowest BCUT2D eigenvalue weighted by molar-refractivity contribution is -0.121. The van der Waals surface area contributed by atoms with E-state index in [-0.39, 0.29) is 6.42 Å². The summed E-state index contributed by atoms with van der Waals surface area (Å²) in [5, 5.41) is 19.5. The molecule has 0 saturated carbocycles. The third-order valence-corrected chi connectivity index (χ3v) is 2.78. The zero-order chi connectivity index (χ0) is 14.6. The molecule has 0 aliphatic heterocycles. The fourth-order valence-electron chi connectivity index (χ4n) is 1.69. The first-order valence-corrected chi connectivity index (χ1v) is 5.70. The van der Waals surface area contributed by atoms with Crippen LogP contribution in [-0.2, 0) is 9.53 Å². The van der Waals surface area contributed by atoms with Crippen molar-refractivity contribution < 1.29 is 24.5 Å². The van der Waals surface area contributed by atoms with Crippen LogP contribution < -0.4 is 5.73 Å². The Bertz CT molecular complexity index is 486. The minimum atomic E-state index is -1.31. The van der Waals surface area contributed by atoms with Crippen molar-refractivity contribution in [2.24, 2.45) is 5.73 Å². The van der Waals surface area contributed by atoms with Crippen molar-refractivity contribution in [3.05, 3.63) is 34.9 Å². The summed E-state index contributed by atoms with van der Waals surface area (Å²) in [4.78, 5) is 22.2. The third-order valence-electron chi connectivity index (χ3n) is 2.78. The average molecular weight is 267 g/mol. The zero-order valence-corrected chi connectivity index (χ0v) is 10.8. The maximum atomic E-state index is 11.5. The van der Waals surface area contributed by atoms with E-state index in [0.29, 0.717) is 16.7 Å². The maximum absolute atomic E-state index is 11.5. The van der Waals surface area contributed by atoms with E-state index in [4.69, 9.17) is 5.73 Å². The van der Waals surface area contributed by atoms with E-state index in [9.17, 15) is 19.8 Å². The minimum Gasteiger partial charge on any atom is -0.465 e. The molecule has 4 N–H and O–H groups in total. The molecule has 1 amide bonds. The van der Waals surface area contributed by atoms with Crippen LogP contribution in [0, 0.1) is 6.92 Å². The van der Waals surface area contributed by atoms with Crippen molar-refractivity contribution in [3.63, 3.8) is 0 Å². The van der Waals surface area contributed by atoms with Gasteiger partial charge in [-0.05, 0) is 24.1 Å².